The lowest BCUT2D eigenvalue weighted by molar-refractivity contribution is -0.121. The van der Waals surface area contributed by atoms with Gasteiger partial charge < -0.3 is 10.6 Å². The molecule has 0 bridgehead atoms. The van der Waals surface area contributed by atoms with Crippen molar-refractivity contribution in [3.8, 4) is 11.3 Å². The number of fused-ring (bicyclic) bond motifs is 1. The molecule has 2 heterocycles. The van der Waals surface area contributed by atoms with Crippen LogP contribution in [-0.4, -0.2) is 17.9 Å². The molecule has 0 fully saturated rings. The molecule has 3 rings (SSSR count). The summed E-state index contributed by atoms with van der Waals surface area (Å²) in [7, 11) is 1.81. The molecule has 19 heavy (non-hydrogen) atoms. The third-order valence-electron chi connectivity index (χ3n) is 3.74. The van der Waals surface area contributed by atoms with Gasteiger partial charge in [-0.2, -0.15) is 0 Å². The van der Waals surface area contributed by atoms with Gasteiger partial charge in [-0.3, -0.25) is 4.79 Å². The van der Waals surface area contributed by atoms with Crippen molar-refractivity contribution in [3.63, 3.8) is 0 Å². The number of hydrogen-bond donors (Lipinski definition) is 1. The molecule has 0 saturated carbocycles. The minimum Gasteiger partial charge on any atom is -0.389 e. The highest BCUT2D eigenvalue weighted by Gasteiger charge is 2.42. The number of nitrogens with two attached hydrogens (primary N) is 1. The fourth-order valence-corrected chi connectivity index (χ4v) is 3.15. The number of rotatable bonds is 1. The molecule has 1 aromatic heterocycles. The normalized spacial score (nSPS) is 16.8. The van der Waals surface area contributed by atoms with E-state index in [-0.39, 0.29) is 5.91 Å². The van der Waals surface area contributed by atoms with Crippen LogP contribution in [0.5, 0.6) is 0 Å². The number of aromatic nitrogens is 1. The zero-order chi connectivity index (χ0) is 13.8. The molecule has 0 aliphatic carbocycles. The van der Waals surface area contributed by atoms with Gasteiger partial charge in [0.05, 0.1) is 10.9 Å². The van der Waals surface area contributed by atoms with Gasteiger partial charge in [0, 0.05) is 18.3 Å². The van der Waals surface area contributed by atoms with Gasteiger partial charge in [0.25, 0.3) is 0 Å². The maximum Gasteiger partial charge on any atom is 0.236 e. The van der Waals surface area contributed by atoms with Crippen molar-refractivity contribution in [2.45, 2.75) is 19.3 Å². The summed E-state index contributed by atoms with van der Waals surface area (Å²) >= 11 is 1.42. The van der Waals surface area contributed by atoms with Crippen molar-refractivity contribution >= 4 is 27.9 Å². The summed E-state index contributed by atoms with van der Waals surface area (Å²) in [6.45, 7) is 3.90. The maximum atomic E-state index is 12.2. The Morgan fingerprint density at radius 1 is 1.37 bits per heavy atom. The monoisotopic (exact) mass is 273 g/mol. The second-order valence-corrected chi connectivity index (χ2v) is 6.17. The van der Waals surface area contributed by atoms with Gasteiger partial charge in [0.2, 0.25) is 5.91 Å². The Morgan fingerprint density at radius 2 is 2.11 bits per heavy atom. The summed E-state index contributed by atoms with van der Waals surface area (Å²) in [6, 6.07) is 5.97. The minimum atomic E-state index is -0.495. The van der Waals surface area contributed by atoms with Crippen LogP contribution < -0.4 is 10.6 Å². The van der Waals surface area contributed by atoms with Crippen molar-refractivity contribution in [3.05, 3.63) is 29.3 Å². The third kappa shape index (κ3) is 1.58. The number of thiazole rings is 1. The summed E-state index contributed by atoms with van der Waals surface area (Å²) in [6.07, 6.45) is 0. The number of anilines is 2. The number of hydrogen-bond acceptors (Lipinski definition) is 4. The fourth-order valence-electron chi connectivity index (χ4n) is 2.59. The second kappa shape index (κ2) is 3.81. The zero-order valence-corrected chi connectivity index (χ0v) is 11.9. The Balaban J connectivity index is 2.19. The van der Waals surface area contributed by atoms with Gasteiger partial charge in [-0.05, 0) is 31.5 Å². The molecule has 1 aliphatic rings. The van der Waals surface area contributed by atoms with E-state index in [2.05, 4.69) is 4.98 Å². The maximum absolute atomic E-state index is 12.2. The first kappa shape index (κ1) is 12.2. The van der Waals surface area contributed by atoms with Gasteiger partial charge in [-0.25, -0.2) is 4.98 Å². The standard InChI is InChI=1S/C14H15N3OS/c1-14(2)9-6-8(11-12(15)19-7-16-11)4-5-10(9)17(3)13(14)18/h4-7H,15H2,1-3H3. The van der Waals surface area contributed by atoms with E-state index in [1.165, 1.54) is 11.3 Å². The van der Waals surface area contributed by atoms with Crippen LogP contribution in [0.1, 0.15) is 19.4 Å². The first-order chi connectivity index (χ1) is 8.93. The molecule has 0 atom stereocenters. The molecule has 2 N–H and O–H groups in total. The number of likely N-dealkylation sites (N-methyl/N-ethyl adjacent to an activating group) is 1. The van der Waals surface area contributed by atoms with Crippen LogP contribution in [0.25, 0.3) is 11.3 Å². The molecule has 5 heteroatoms. The molecule has 0 saturated heterocycles. The van der Waals surface area contributed by atoms with Crippen molar-refractivity contribution in [1.29, 1.82) is 0 Å². The predicted octanol–water partition coefficient (Wildman–Crippen LogP) is 2.65. The number of nitrogen functional groups attached to an aromatic ring is 1. The largest absolute Gasteiger partial charge is 0.389 e. The molecule has 1 aromatic carbocycles. The van der Waals surface area contributed by atoms with E-state index in [4.69, 9.17) is 5.73 Å². The van der Waals surface area contributed by atoms with Crippen LogP contribution in [-0.2, 0) is 10.2 Å². The zero-order valence-electron chi connectivity index (χ0n) is 11.1. The van der Waals surface area contributed by atoms with E-state index in [9.17, 15) is 4.79 Å². The van der Waals surface area contributed by atoms with Gasteiger partial charge in [0.15, 0.2) is 0 Å². The topological polar surface area (TPSA) is 59.2 Å². The SMILES string of the molecule is CN1C(=O)C(C)(C)c2cc(-c3ncsc3N)ccc21. The summed E-state index contributed by atoms with van der Waals surface area (Å²) in [4.78, 5) is 18.2. The van der Waals surface area contributed by atoms with Gasteiger partial charge in [-0.15, -0.1) is 11.3 Å². The van der Waals surface area contributed by atoms with Crippen LogP contribution in [0.3, 0.4) is 0 Å². The van der Waals surface area contributed by atoms with E-state index < -0.39 is 5.41 Å². The van der Waals surface area contributed by atoms with Crippen molar-refractivity contribution in [1.82, 2.24) is 4.98 Å². The highest BCUT2D eigenvalue weighted by molar-refractivity contribution is 7.14. The van der Waals surface area contributed by atoms with Crippen LogP contribution >= 0.6 is 11.3 Å². The Bertz CT molecular complexity index is 675. The molecule has 1 aliphatic heterocycles. The summed E-state index contributed by atoms with van der Waals surface area (Å²) in [5.41, 5.74) is 10.9. The quantitative estimate of drug-likeness (QED) is 0.869. The molecule has 0 radical (unpaired) electrons. The molecule has 98 valence electrons. The van der Waals surface area contributed by atoms with E-state index in [0.717, 1.165) is 22.5 Å². The summed E-state index contributed by atoms with van der Waals surface area (Å²) in [5, 5.41) is 0.704. The van der Waals surface area contributed by atoms with E-state index in [0.29, 0.717) is 5.00 Å². The average molecular weight is 273 g/mol. The Morgan fingerprint density at radius 3 is 2.74 bits per heavy atom. The van der Waals surface area contributed by atoms with Crippen LogP contribution in [0.4, 0.5) is 10.7 Å². The van der Waals surface area contributed by atoms with Crippen LogP contribution in [0.15, 0.2) is 23.7 Å². The number of carbonyl (C=O) groups excluding carboxylic acids is 1. The van der Waals surface area contributed by atoms with Gasteiger partial charge >= 0.3 is 0 Å². The Labute approximate surface area is 115 Å². The number of benzene rings is 1. The summed E-state index contributed by atoms with van der Waals surface area (Å²) in [5.74, 6) is 0.117. The molecule has 2 aromatic rings. The minimum absolute atomic E-state index is 0.117. The van der Waals surface area contributed by atoms with Gasteiger partial charge in [0.1, 0.15) is 10.7 Å². The lowest BCUT2D eigenvalue weighted by Gasteiger charge is -2.16. The highest BCUT2D eigenvalue weighted by atomic mass is 32.1. The van der Waals surface area contributed by atoms with Crippen LogP contribution in [0, 0.1) is 0 Å². The summed E-state index contributed by atoms with van der Waals surface area (Å²) < 4.78 is 0. The van der Waals surface area contributed by atoms with Crippen molar-refractivity contribution in [2.75, 3.05) is 17.7 Å². The van der Waals surface area contributed by atoms with Crippen molar-refractivity contribution < 1.29 is 4.79 Å². The first-order valence-corrected chi connectivity index (χ1v) is 6.93. The van der Waals surface area contributed by atoms with Crippen molar-refractivity contribution in [2.24, 2.45) is 0 Å². The molecular formula is C14H15N3OS. The third-order valence-corrected chi connectivity index (χ3v) is 4.40. The number of nitrogens with zero attached hydrogens (tertiary/aromatic N) is 2. The average Bonchev–Trinajstić information content (AvgIpc) is 2.88. The number of amides is 1. The molecule has 1 amide bonds. The second-order valence-electron chi connectivity index (χ2n) is 5.29. The van der Waals surface area contributed by atoms with Crippen LogP contribution in [0.2, 0.25) is 0 Å². The van der Waals surface area contributed by atoms with Gasteiger partial charge in [-0.1, -0.05) is 6.07 Å². The van der Waals surface area contributed by atoms with E-state index in [1.807, 2.05) is 39.1 Å². The highest BCUT2D eigenvalue weighted by Crippen LogP contribution is 2.43. The Hall–Kier alpha value is -1.88. The fraction of sp³-hybridized carbons (Fsp3) is 0.286. The molecule has 0 spiro atoms. The molecule has 4 nitrogen and oxygen atoms in total. The molecular weight excluding hydrogens is 258 g/mol. The molecule has 0 unspecified atom stereocenters. The predicted molar refractivity (Wildman–Crippen MR) is 78.4 cm³/mol. The number of carbonyl (C=O) groups is 1. The lowest BCUT2D eigenvalue weighted by atomic mass is 9.85. The lowest BCUT2D eigenvalue weighted by Crippen LogP contribution is -2.33. The smallest absolute Gasteiger partial charge is 0.236 e. The van der Waals surface area contributed by atoms with E-state index in [1.54, 1.807) is 10.4 Å². The first-order valence-electron chi connectivity index (χ1n) is 6.05. The Kier molecular flexibility index (Phi) is 2.44. The van der Waals surface area contributed by atoms with E-state index >= 15 is 0 Å².